The van der Waals surface area contributed by atoms with E-state index in [2.05, 4.69) is 10.3 Å². The van der Waals surface area contributed by atoms with E-state index in [1.165, 1.54) is 0 Å². The van der Waals surface area contributed by atoms with Crippen molar-refractivity contribution in [1.29, 1.82) is 0 Å². The molecule has 0 atom stereocenters. The molecule has 0 spiro atoms. The molecule has 0 aliphatic heterocycles. The number of rotatable bonds is 3. The van der Waals surface area contributed by atoms with E-state index in [1.54, 1.807) is 14.2 Å². The Morgan fingerprint density at radius 3 is 2.72 bits per heavy atom. The van der Waals surface area contributed by atoms with Gasteiger partial charge >= 0.3 is 0 Å². The number of ether oxygens (including phenoxy) is 1. The molecule has 2 rings (SSSR count). The van der Waals surface area contributed by atoms with Crippen LogP contribution in [0.5, 0.6) is 5.88 Å². The summed E-state index contributed by atoms with van der Waals surface area (Å²) in [5, 5.41) is 2.61. The van der Waals surface area contributed by atoms with E-state index < -0.39 is 0 Å². The minimum absolute atomic E-state index is 0.187. The molecule has 0 fully saturated rings. The zero-order valence-corrected chi connectivity index (χ0v) is 11.0. The van der Waals surface area contributed by atoms with Crippen molar-refractivity contribution in [1.82, 2.24) is 14.7 Å². The fourth-order valence-corrected chi connectivity index (χ4v) is 1.96. The average Bonchev–Trinajstić information content (AvgIpc) is 2.77. The number of amides is 1. The Morgan fingerprint density at radius 1 is 1.44 bits per heavy atom. The highest BCUT2D eigenvalue weighted by Gasteiger charge is 2.20. The summed E-state index contributed by atoms with van der Waals surface area (Å²) in [4.78, 5) is 16.3. The number of imidazole rings is 1. The van der Waals surface area contributed by atoms with Crippen LogP contribution in [0.2, 0.25) is 0 Å². The monoisotopic (exact) mass is 247 g/mol. The fraction of sp³-hybridized carbons (Fsp3) is 0.385. The Labute approximate surface area is 106 Å². The molecule has 1 N–H and O–H groups in total. The predicted molar refractivity (Wildman–Crippen MR) is 69.2 cm³/mol. The number of nitrogens with one attached hydrogen (secondary N) is 1. The van der Waals surface area contributed by atoms with Crippen LogP contribution in [0.4, 0.5) is 0 Å². The molecule has 0 saturated carbocycles. The zero-order chi connectivity index (χ0) is 13.3. The van der Waals surface area contributed by atoms with Gasteiger partial charge in [-0.05, 0) is 12.1 Å². The average molecular weight is 247 g/mol. The van der Waals surface area contributed by atoms with Crippen molar-refractivity contribution >= 4 is 11.4 Å². The van der Waals surface area contributed by atoms with Gasteiger partial charge in [0, 0.05) is 13.0 Å². The molecular weight excluding hydrogens is 230 g/mol. The SMILES string of the molecule is CNC(=O)c1nc(C(C)C)n2c(OC)cccc12. The molecule has 2 heterocycles. The first-order valence-electron chi connectivity index (χ1n) is 5.87. The number of hydrogen-bond donors (Lipinski definition) is 1. The molecule has 0 aliphatic rings. The maximum atomic E-state index is 11.8. The van der Waals surface area contributed by atoms with Gasteiger partial charge in [-0.15, -0.1) is 0 Å². The van der Waals surface area contributed by atoms with Crippen LogP contribution < -0.4 is 10.1 Å². The molecule has 0 unspecified atom stereocenters. The molecule has 0 aromatic carbocycles. The topological polar surface area (TPSA) is 55.6 Å². The van der Waals surface area contributed by atoms with E-state index in [0.29, 0.717) is 11.6 Å². The summed E-state index contributed by atoms with van der Waals surface area (Å²) in [6, 6.07) is 5.58. The number of fused-ring (bicyclic) bond motifs is 1. The van der Waals surface area contributed by atoms with E-state index in [9.17, 15) is 4.79 Å². The lowest BCUT2D eigenvalue weighted by molar-refractivity contribution is 0.0960. The third-order valence-electron chi connectivity index (χ3n) is 2.82. The normalized spacial score (nSPS) is 10.9. The predicted octanol–water partition coefficient (Wildman–Crippen LogP) is 1.83. The van der Waals surface area contributed by atoms with E-state index in [1.807, 2.05) is 36.4 Å². The van der Waals surface area contributed by atoms with Gasteiger partial charge in [-0.2, -0.15) is 0 Å². The van der Waals surface area contributed by atoms with Crippen LogP contribution >= 0.6 is 0 Å². The van der Waals surface area contributed by atoms with Gasteiger partial charge in [0.05, 0.1) is 12.6 Å². The fourth-order valence-electron chi connectivity index (χ4n) is 1.96. The first-order chi connectivity index (χ1) is 8.60. The number of carbonyl (C=O) groups is 1. The number of pyridine rings is 1. The molecular formula is C13H17N3O2. The molecule has 5 nitrogen and oxygen atoms in total. The molecule has 0 saturated heterocycles. The largest absolute Gasteiger partial charge is 0.482 e. The van der Waals surface area contributed by atoms with Crippen LogP contribution in [0.25, 0.3) is 5.52 Å². The van der Waals surface area contributed by atoms with Gasteiger partial charge in [-0.3, -0.25) is 9.20 Å². The highest BCUT2D eigenvalue weighted by Crippen LogP contribution is 2.25. The highest BCUT2D eigenvalue weighted by atomic mass is 16.5. The summed E-state index contributed by atoms with van der Waals surface area (Å²) in [6.45, 7) is 4.07. The van der Waals surface area contributed by atoms with Crippen LogP contribution in [-0.4, -0.2) is 29.4 Å². The summed E-state index contributed by atoms with van der Waals surface area (Å²) in [7, 11) is 3.21. The van der Waals surface area contributed by atoms with Gasteiger partial charge in [0.1, 0.15) is 5.82 Å². The van der Waals surface area contributed by atoms with Crippen molar-refractivity contribution < 1.29 is 9.53 Å². The smallest absolute Gasteiger partial charge is 0.271 e. The second-order valence-electron chi connectivity index (χ2n) is 4.34. The minimum atomic E-state index is -0.187. The number of hydrogen-bond acceptors (Lipinski definition) is 3. The van der Waals surface area contributed by atoms with E-state index in [0.717, 1.165) is 11.3 Å². The van der Waals surface area contributed by atoms with E-state index in [-0.39, 0.29) is 11.8 Å². The molecule has 0 aliphatic carbocycles. The third kappa shape index (κ3) is 1.81. The molecule has 0 radical (unpaired) electrons. The molecule has 2 aromatic heterocycles. The molecule has 18 heavy (non-hydrogen) atoms. The Hall–Kier alpha value is -2.04. The Balaban J connectivity index is 2.80. The van der Waals surface area contributed by atoms with Gasteiger partial charge in [0.2, 0.25) is 0 Å². The first kappa shape index (κ1) is 12.4. The standard InChI is InChI=1S/C13H17N3O2/c1-8(2)12-15-11(13(17)14-3)9-6-5-7-10(18-4)16(9)12/h5-8H,1-4H3,(H,14,17). The second kappa shape index (κ2) is 4.68. The first-order valence-corrected chi connectivity index (χ1v) is 5.87. The molecule has 5 heteroatoms. The Bertz CT molecular complexity index is 587. The molecule has 2 aromatic rings. The number of aromatic nitrogens is 2. The van der Waals surface area contributed by atoms with Crippen molar-refractivity contribution in [2.45, 2.75) is 19.8 Å². The Kier molecular flexibility index (Phi) is 3.23. The maximum absolute atomic E-state index is 11.8. The van der Waals surface area contributed by atoms with Crippen molar-refractivity contribution in [3.8, 4) is 5.88 Å². The lowest BCUT2D eigenvalue weighted by Gasteiger charge is -2.08. The van der Waals surface area contributed by atoms with Crippen LogP contribution in [0.1, 0.15) is 36.1 Å². The Morgan fingerprint density at radius 2 is 2.17 bits per heavy atom. The van der Waals surface area contributed by atoms with Gasteiger partial charge in [0.15, 0.2) is 11.6 Å². The number of methoxy groups -OCH3 is 1. The van der Waals surface area contributed by atoms with Crippen molar-refractivity contribution in [3.63, 3.8) is 0 Å². The third-order valence-corrected chi connectivity index (χ3v) is 2.82. The van der Waals surface area contributed by atoms with Crippen LogP contribution in [0, 0.1) is 0 Å². The summed E-state index contributed by atoms with van der Waals surface area (Å²) in [6.07, 6.45) is 0. The molecule has 96 valence electrons. The maximum Gasteiger partial charge on any atom is 0.271 e. The van der Waals surface area contributed by atoms with Crippen molar-refractivity contribution in [2.24, 2.45) is 0 Å². The minimum Gasteiger partial charge on any atom is -0.482 e. The molecule has 0 bridgehead atoms. The van der Waals surface area contributed by atoms with Crippen LogP contribution in [-0.2, 0) is 0 Å². The zero-order valence-electron chi connectivity index (χ0n) is 11.0. The van der Waals surface area contributed by atoms with Crippen molar-refractivity contribution in [3.05, 3.63) is 29.7 Å². The highest BCUT2D eigenvalue weighted by molar-refractivity contribution is 5.99. The van der Waals surface area contributed by atoms with Crippen LogP contribution in [0.15, 0.2) is 18.2 Å². The lowest BCUT2D eigenvalue weighted by atomic mass is 10.2. The lowest BCUT2D eigenvalue weighted by Crippen LogP contribution is -2.18. The van der Waals surface area contributed by atoms with E-state index in [4.69, 9.17) is 4.74 Å². The quantitative estimate of drug-likeness (QED) is 0.900. The van der Waals surface area contributed by atoms with E-state index >= 15 is 0 Å². The van der Waals surface area contributed by atoms with Gasteiger partial charge in [0.25, 0.3) is 5.91 Å². The van der Waals surface area contributed by atoms with Gasteiger partial charge in [-0.1, -0.05) is 19.9 Å². The van der Waals surface area contributed by atoms with Crippen molar-refractivity contribution in [2.75, 3.05) is 14.2 Å². The number of carbonyl (C=O) groups excluding carboxylic acids is 1. The summed E-state index contributed by atoms with van der Waals surface area (Å²) < 4.78 is 7.22. The summed E-state index contributed by atoms with van der Waals surface area (Å²) >= 11 is 0. The molecule has 1 amide bonds. The van der Waals surface area contributed by atoms with Crippen LogP contribution in [0.3, 0.4) is 0 Å². The summed E-state index contributed by atoms with van der Waals surface area (Å²) in [5.41, 5.74) is 1.19. The second-order valence-corrected chi connectivity index (χ2v) is 4.34. The van der Waals surface area contributed by atoms with Gasteiger partial charge < -0.3 is 10.1 Å². The number of nitrogens with zero attached hydrogens (tertiary/aromatic N) is 2. The van der Waals surface area contributed by atoms with Gasteiger partial charge in [-0.25, -0.2) is 4.98 Å². The summed E-state index contributed by atoms with van der Waals surface area (Å²) in [5.74, 6) is 1.51.